The summed E-state index contributed by atoms with van der Waals surface area (Å²) in [6.45, 7) is 1.92. The van der Waals surface area contributed by atoms with Crippen LogP contribution < -0.4 is 10.2 Å². The molecule has 0 bridgehead atoms. The van der Waals surface area contributed by atoms with Gasteiger partial charge in [0.25, 0.3) is 5.91 Å². The number of nitro benzene ring substituents is 2. The first-order valence-electron chi connectivity index (χ1n) is 8.12. The number of rotatable bonds is 5. The zero-order valence-corrected chi connectivity index (χ0v) is 15.0. The minimum Gasteiger partial charge on any atom is -0.370 e. The quantitative estimate of drug-likeness (QED) is 0.616. The van der Waals surface area contributed by atoms with Gasteiger partial charge in [0, 0.05) is 53.7 Å². The van der Waals surface area contributed by atoms with E-state index in [1.807, 2.05) is 23.9 Å². The molecule has 0 radical (unpaired) electrons. The molecule has 1 fully saturated rings. The summed E-state index contributed by atoms with van der Waals surface area (Å²) < 4.78 is 0. The van der Waals surface area contributed by atoms with Gasteiger partial charge in [-0.1, -0.05) is 0 Å². The molecule has 1 amide bonds. The molecule has 1 aliphatic rings. The molecule has 2 aromatic carbocycles. The summed E-state index contributed by atoms with van der Waals surface area (Å²) in [4.78, 5) is 34.8. The second-order valence-electron chi connectivity index (χ2n) is 5.82. The number of hydrogen-bond acceptors (Lipinski definition) is 7. The molecular formula is C17H16N4O5S. The SMILES string of the molecule is O=C(Nc1ccc([N+](=O)[O-])c([N+](=O)[O-])c1)c1ccc(N2CCSCC2)cc1. The van der Waals surface area contributed by atoms with Gasteiger partial charge in [0.05, 0.1) is 9.85 Å². The third-order valence-electron chi connectivity index (χ3n) is 4.13. The van der Waals surface area contributed by atoms with Crippen LogP contribution in [0.25, 0.3) is 0 Å². The molecule has 0 aromatic heterocycles. The summed E-state index contributed by atoms with van der Waals surface area (Å²) in [6.07, 6.45) is 0. The van der Waals surface area contributed by atoms with Gasteiger partial charge in [0.2, 0.25) is 0 Å². The van der Waals surface area contributed by atoms with Crippen LogP contribution >= 0.6 is 11.8 Å². The molecule has 1 heterocycles. The summed E-state index contributed by atoms with van der Waals surface area (Å²) in [5, 5.41) is 24.4. The predicted molar refractivity (Wildman–Crippen MR) is 104 cm³/mol. The zero-order valence-electron chi connectivity index (χ0n) is 14.2. The molecular weight excluding hydrogens is 372 g/mol. The molecule has 140 valence electrons. The Morgan fingerprint density at radius 3 is 2.19 bits per heavy atom. The lowest BCUT2D eigenvalue weighted by molar-refractivity contribution is -0.422. The maximum Gasteiger partial charge on any atom is 0.348 e. The molecule has 9 nitrogen and oxygen atoms in total. The van der Waals surface area contributed by atoms with Crippen LogP contribution in [0.5, 0.6) is 0 Å². The van der Waals surface area contributed by atoms with Crippen molar-refractivity contribution in [2.75, 3.05) is 34.8 Å². The first kappa shape index (κ1) is 18.6. The number of amides is 1. The minimum absolute atomic E-state index is 0.120. The van der Waals surface area contributed by atoms with E-state index in [1.54, 1.807) is 12.1 Å². The fourth-order valence-electron chi connectivity index (χ4n) is 2.75. The zero-order chi connectivity index (χ0) is 19.4. The smallest absolute Gasteiger partial charge is 0.348 e. The molecule has 27 heavy (non-hydrogen) atoms. The van der Waals surface area contributed by atoms with Crippen LogP contribution in [0.4, 0.5) is 22.7 Å². The number of nitrogens with one attached hydrogen (secondary N) is 1. The standard InChI is InChI=1S/C17H16N4O5S/c22-17(12-1-4-14(5-2-12)19-7-9-27-10-8-19)18-13-3-6-15(20(23)24)16(11-13)21(25)26/h1-6,11H,7-10H2,(H,18,22). The van der Waals surface area contributed by atoms with Gasteiger partial charge in [0.15, 0.2) is 0 Å². The monoisotopic (exact) mass is 388 g/mol. The largest absolute Gasteiger partial charge is 0.370 e. The summed E-state index contributed by atoms with van der Waals surface area (Å²) in [5.74, 6) is 1.70. The van der Waals surface area contributed by atoms with Gasteiger partial charge < -0.3 is 10.2 Å². The lowest BCUT2D eigenvalue weighted by Crippen LogP contribution is -2.32. The lowest BCUT2D eigenvalue weighted by Gasteiger charge is -2.28. The van der Waals surface area contributed by atoms with E-state index in [0.717, 1.165) is 42.4 Å². The Morgan fingerprint density at radius 1 is 0.963 bits per heavy atom. The molecule has 3 rings (SSSR count). The van der Waals surface area contributed by atoms with Crippen molar-refractivity contribution in [2.24, 2.45) is 0 Å². The van der Waals surface area contributed by atoms with E-state index in [1.165, 1.54) is 6.07 Å². The van der Waals surface area contributed by atoms with Gasteiger partial charge in [-0.2, -0.15) is 11.8 Å². The van der Waals surface area contributed by atoms with E-state index in [2.05, 4.69) is 10.2 Å². The van der Waals surface area contributed by atoms with Gasteiger partial charge in [0.1, 0.15) is 0 Å². The number of hydrogen-bond donors (Lipinski definition) is 1. The third kappa shape index (κ3) is 4.34. The highest BCUT2D eigenvalue weighted by Crippen LogP contribution is 2.30. The highest BCUT2D eigenvalue weighted by atomic mass is 32.2. The van der Waals surface area contributed by atoms with E-state index in [-0.39, 0.29) is 5.69 Å². The fourth-order valence-corrected chi connectivity index (χ4v) is 3.65. The van der Waals surface area contributed by atoms with Crippen LogP contribution in [-0.2, 0) is 0 Å². The van der Waals surface area contributed by atoms with Crippen molar-refractivity contribution < 1.29 is 14.6 Å². The summed E-state index contributed by atoms with van der Waals surface area (Å²) >= 11 is 1.91. The van der Waals surface area contributed by atoms with Gasteiger partial charge in [-0.3, -0.25) is 25.0 Å². The van der Waals surface area contributed by atoms with E-state index < -0.39 is 27.1 Å². The molecule has 1 aliphatic heterocycles. The van der Waals surface area contributed by atoms with Crippen molar-refractivity contribution in [3.05, 3.63) is 68.3 Å². The Labute approximate surface area is 158 Å². The molecule has 0 spiro atoms. The Balaban J connectivity index is 1.74. The number of carbonyl (C=O) groups is 1. The van der Waals surface area contributed by atoms with Gasteiger partial charge in [-0.05, 0) is 30.3 Å². The van der Waals surface area contributed by atoms with Crippen molar-refractivity contribution in [1.82, 2.24) is 0 Å². The molecule has 1 N–H and O–H groups in total. The summed E-state index contributed by atoms with van der Waals surface area (Å²) in [5.41, 5.74) is 0.261. The molecule has 0 aliphatic carbocycles. The molecule has 10 heteroatoms. The van der Waals surface area contributed by atoms with Gasteiger partial charge in [-0.15, -0.1) is 0 Å². The molecule has 2 aromatic rings. The Bertz CT molecular complexity index is 881. The van der Waals surface area contributed by atoms with E-state index in [0.29, 0.717) is 5.56 Å². The number of nitro groups is 2. The van der Waals surface area contributed by atoms with Crippen LogP contribution in [0.15, 0.2) is 42.5 Å². The van der Waals surface area contributed by atoms with E-state index in [4.69, 9.17) is 0 Å². The average Bonchev–Trinajstić information content (AvgIpc) is 2.68. The maximum absolute atomic E-state index is 12.4. The third-order valence-corrected chi connectivity index (χ3v) is 5.07. The number of carbonyl (C=O) groups excluding carboxylic acids is 1. The first-order valence-corrected chi connectivity index (χ1v) is 9.28. The van der Waals surface area contributed by atoms with Crippen LogP contribution in [0.3, 0.4) is 0 Å². The van der Waals surface area contributed by atoms with Crippen molar-refractivity contribution in [2.45, 2.75) is 0 Å². The minimum atomic E-state index is -0.848. The van der Waals surface area contributed by atoms with Gasteiger partial charge in [-0.25, -0.2) is 0 Å². The molecule has 0 unspecified atom stereocenters. The second-order valence-corrected chi connectivity index (χ2v) is 7.04. The van der Waals surface area contributed by atoms with Crippen LogP contribution in [0.1, 0.15) is 10.4 Å². The van der Waals surface area contributed by atoms with E-state index >= 15 is 0 Å². The Hall–Kier alpha value is -3.14. The number of nitrogens with zero attached hydrogens (tertiary/aromatic N) is 3. The summed E-state index contributed by atoms with van der Waals surface area (Å²) in [7, 11) is 0. The fraction of sp³-hybridized carbons (Fsp3) is 0.235. The van der Waals surface area contributed by atoms with Crippen molar-refractivity contribution in [3.63, 3.8) is 0 Å². The van der Waals surface area contributed by atoms with Crippen LogP contribution in [-0.4, -0.2) is 40.3 Å². The Kier molecular flexibility index (Phi) is 5.55. The van der Waals surface area contributed by atoms with Crippen molar-refractivity contribution in [3.8, 4) is 0 Å². The van der Waals surface area contributed by atoms with Crippen molar-refractivity contribution in [1.29, 1.82) is 0 Å². The topological polar surface area (TPSA) is 119 Å². The van der Waals surface area contributed by atoms with Crippen molar-refractivity contribution >= 4 is 40.4 Å². The average molecular weight is 388 g/mol. The van der Waals surface area contributed by atoms with Gasteiger partial charge >= 0.3 is 11.4 Å². The molecule has 1 saturated heterocycles. The lowest BCUT2D eigenvalue weighted by atomic mass is 10.1. The van der Waals surface area contributed by atoms with E-state index in [9.17, 15) is 25.0 Å². The predicted octanol–water partition coefficient (Wildman–Crippen LogP) is 3.31. The first-order chi connectivity index (χ1) is 13.0. The normalized spacial score (nSPS) is 13.9. The molecule has 0 saturated carbocycles. The highest BCUT2D eigenvalue weighted by Gasteiger charge is 2.24. The molecule has 0 atom stereocenters. The number of benzene rings is 2. The highest BCUT2D eigenvalue weighted by molar-refractivity contribution is 7.99. The Morgan fingerprint density at radius 2 is 1.59 bits per heavy atom. The second kappa shape index (κ2) is 8.04. The number of thioether (sulfide) groups is 1. The summed E-state index contributed by atoms with van der Waals surface area (Å²) in [6, 6.07) is 10.4. The van der Waals surface area contributed by atoms with Crippen LogP contribution in [0, 0.1) is 20.2 Å². The van der Waals surface area contributed by atoms with Crippen LogP contribution in [0.2, 0.25) is 0 Å². The maximum atomic E-state index is 12.4. The number of anilines is 2.